The molecule has 6 nitrogen and oxygen atoms in total. The fourth-order valence-corrected chi connectivity index (χ4v) is 2.89. The van der Waals surface area contributed by atoms with Crippen molar-refractivity contribution in [1.82, 2.24) is 4.90 Å². The number of likely N-dealkylation sites (tertiary alicyclic amines) is 1. The number of carbonyl (C=O) groups is 2. The lowest BCUT2D eigenvalue weighted by molar-refractivity contribution is 0.0691. The van der Waals surface area contributed by atoms with E-state index in [1.54, 1.807) is 0 Å². The van der Waals surface area contributed by atoms with Crippen LogP contribution in [0.2, 0.25) is 0 Å². The van der Waals surface area contributed by atoms with Crippen molar-refractivity contribution >= 4 is 11.9 Å². The third-order valence-corrected chi connectivity index (χ3v) is 4.46. The van der Waals surface area contributed by atoms with Gasteiger partial charge in [0.15, 0.2) is 0 Å². The number of piperidine rings is 1. The predicted octanol–water partition coefficient (Wildman–Crippen LogP) is 4.06. The van der Waals surface area contributed by atoms with Gasteiger partial charge in [0.25, 0.3) is 0 Å². The Morgan fingerprint density at radius 3 is 2.19 bits per heavy atom. The third kappa shape index (κ3) is 7.04. The molecular formula is C20H31NO5. The van der Waals surface area contributed by atoms with Crippen molar-refractivity contribution < 1.29 is 24.5 Å². The molecule has 1 aliphatic rings. The van der Waals surface area contributed by atoms with Crippen molar-refractivity contribution in [1.29, 1.82) is 0 Å². The first kappa shape index (κ1) is 22.0. The summed E-state index contributed by atoms with van der Waals surface area (Å²) in [6.45, 7) is 6.61. The highest BCUT2D eigenvalue weighted by Crippen LogP contribution is 2.25. The van der Waals surface area contributed by atoms with Crippen LogP contribution in [0.15, 0.2) is 12.1 Å². The second-order valence-corrected chi connectivity index (χ2v) is 6.64. The Bertz CT molecular complexity index is 594. The molecule has 0 spiro atoms. The molecule has 0 bridgehead atoms. The molecule has 1 aliphatic heterocycles. The highest BCUT2D eigenvalue weighted by molar-refractivity contribution is 5.98. The van der Waals surface area contributed by atoms with Crippen molar-refractivity contribution in [3.05, 3.63) is 28.8 Å². The maximum absolute atomic E-state index is 11.2. The normalized spacial score (nSPS) is 14.3. The number of aromatic carboxylic acids is 2. The Hall–Kier alpha value is -2.08. The summed E-state index contributed by atoms with van der Waals surface area (Å²) in [5.74, 6) is -2.09. The lowest BCUT2D eigenvalue weighted by Gasteiger charge is -2.20. The van der Waals surface area contributed by atoms with Gasteiger partial charge in [-0.15, -0.1) is 0 Å². The Labute approximate surface area is 155 Å². The van der Waals surface area contributed by atoms with Gasteiger partial charge < -0.3 is 19.8 Å². The molecule has 0 radical (unpaired) electrons. The van der Waals surface area contributed by atoms with Crippen molar-refractivity contribution in [2.45, 2.75) is 52.4 Å². The largest absolute Gasteiger partial charge is 0.493 e. The Morgan fingerprint density at radius 2 is 1.73 bits per heavy atom. The smallest absolute Gasteiger partial charge is 0.339 e. The fraction of sp³-hybridized carbons (Fsp3) is 0.600. The quantitative estimate of drug-likeness (QED) is 0.709. The van der Waals surface area contributed by atoms with Crippen LogP contribution in [0.5, 0.6) is 5.75 Å². The summed E-state index contributed by atoms with van der Waals surface area (Å²) in [4.78, 5) is 24.6. The molecule has 0 saturated carbocycles. The Balaban J connectivity index is 0.000000401. The number of benzene rings is 1. The number of carboxylic acids is 2. The highest BCUT2D eigenvalue weighted by atomic mass is 16.5. The summed E-state index contributed by atoms with van der Waals surface area (Å²) in [6.07, 6.45) is 7.17. The van der Waals surface area contributed by atoms with Gasteiger partial charge in [0.1, 0.15) is 11.3 Å². The van der Waals surface area contributed by atoms with Crippen LogP contribution in [0.4, 0.5) is 0 Å². The summed E-state index contributed by atoms with van der Waals surface area (Å²) >= 11 is 0. The maximum Gasteiger partial charge on any atom is 0.339 e. The standard InChI is InChI=1S/C14H18O5.C6H13N/c1-3-4-5-8-19-11-7-6-10(13(15)16)9(2)12(11)14(17)18;1-7-5-3-2-4-6-7/h6-7H,3-5,8H2,1-2H3,(H,15,16)(H,17,18);2-6H2,1H3. The number of rotatable bonds is 7. The molecule has 0 aromatic heterocycles. The molecular weight excluding hydrogens is 334 g/mol. The van der Waals surface area contributed by atoms with E-state index in [0.717, 1.165) is 19.3 Å². The molecule has 0 unspecified atom stereocenters. The molecule has 1 aromatic rings. The topological polar surface area (TPSA) is 87.1 Å². The zero-order chi connectivity index (χ0) is 19.5. The zero-order valence-corrected chi connectivity index (χ0v) is 16.1. The minimum Gasteiger partial charge on any atom is -0.493 e. The lowest BCUT2D eigenvalue weighted by Crippen LogP contribution is -2.24. The zero-order valence-electron chi connectivity index (χ0n) is 16.1. The average molecular weight is 365 g/mol. The summed E-state index contributed by atoms with van der Waals surface area (Å²) in [5, 5.41) is 18.2. The van der Waals surface area contributed by atoms with E-state index in [9.17, 15) is 14.7 Å². The summed E-state index contributed by atoms with van der Waals surface area (Å²) < 4.78 is 5.44. The van der Waals surface area contributed by atoms with Crippen LogP contribution in [-0.4, -0.2) is 53.8 Å². The van der Waals surface area contributed by atoms with Gasteiger partial charge in [-0.05, 0) is 64.0 Å². The molecule has 2 N–H and O–H groups in total. The van der Waals surface area contributed by atoms with E-state index in [-0.39, 0.29) is 22.4 Å². The van der Waals surface area contributed by atoms with E-state index in [1.807, 2.05) is 0 Å². The van der Waals surface area contributed by atoms with E-state index in [2.05, 4.69) is 18.9 Å². The number of hydrogen-bond acceptors (Lipinski definition) is 4. The fourth-order valence-electron chi connectivity index (χ4n) is 2.89. The van der Waals surface area contributed by atoms with Gasteiger partial charge in [-0.3, -0.25) is 0 Å². The molecule has 0 atom stereocenters. The van der Waals surface area contributed by atoms with Crippen LogP contribution in [0.25, 0.3) is 0 Å². The van der Waals surface area contributed by atoms with Gasteiger partial charge in [0, 0.05) is 0 Å². The molecule has 1 aromatic carbocycles. The van der Waals surface area contributed by atoms with Crippen molar-refractivity contribution in [2.75, 3.05) is 26.7 Å². The van der Waals surface area contributed by atoms with Gasteiger partial charge in [-0.2, -0.15) is 0 Å². The number of carboxylic acid groups (broad SMARTS) is 2. The molecule has 1 saturated heterocycles. The van der Waals surface area contributed by atoms with Gasteiger partial charge in [0.2, 0.25) is 0 Å². The van der Waals surface area contributed by atoms with Crippen LogP contribution in [0.1, 0.15) is 71.7 Å². The van der Waals surface area contributed by atoms with Gasteiger partial charge in [0.05, 0.1) is 12.2 Å². The summed E-state index contributed by atoms with van der Waals surface area (Å²) in [7, 11) is 2.19. The third-order valence-electron chi connectivity index (χ3n) is 4.46. The maximum atomic E-state index is 11.2. The number of unbranched alkanes of at least 4 members (excludes halogenated alkanes) is 2. The SMILES string of the molecule is CCCCCOc1ccc(C(=O)O)c(C)c1C(=O)O.CN1CCCCC1. The summed E-state index contributed by atoms with van der Waals surface area (Å²) in [5.41, 5.74) is 0.127. The van der Waals surface area contributed by atoms with Crippen LogP contribution in [-0.2, 0) is 0 Å². The van der Waals surface area contributed by atoms with Crippen LogP contribution >= 0.6 is 0 Å². The molecule has 1 heterocycles. The summed E-state index contributed by atoms with van der Waals surface area (Å²) in [6, 6.07) is 2.78. The average Bonchev–Trinajstić information content (AvgIpc) is 2.59. The lowest BCUT2D eigenvalue weighted by atomic mass is 10.0. The Kier molecular flexibility index (Phi) is 9.73. The molecule has 1 fully saturated rings. The monoisotopic (exact) mass is 365 g/mol. The molecule has 2 rings (SSSR count). The molecule has 0 aliphatic carbocycles. The number of hydrogen-bond donors (Lipinski definition) is 2. The first-order valence-corrected chi connectivity index (χ1v) is 9.30. The van der Waals surface area contributed by atoms with Gasteiger partial charge in [-0.25, -0.2) is 9.59 Å². The second-order valence-electron chi connectivity index (χ2n) is 6.64. The predicted molar refractivity (Wildman–Crippen MR) is 101 cm³/mol. The van der Waals surface area contributed by atoms with E-state index < -0.39 is 11.9 Å². The molecule has 0 amide bonds. The van der Waals surface area contributed by atoms with Gasteiger partial charge in [-0.1, -0.05) is 26.2 Å². The van der Waals surface area contributed by atoms with E-state index in [0.29, 0.717) is 6.61 Å². The first-order chi connectivity index (χ1) is 12.4. The van der Waals surface area contributed by atoms with Crippen molar-refractivity contribution in [3.63, 3.8) is 0 Å². The van der Waals surface area contributed by atoms with E-state index >= 15 is 0 Å². The second kappa shape index (κ2) is 11.5. The van der Waals surface area contributed by atoms with Crippen LogP contribution < -0.4 is 4.74 Å². The minimum absolute atomic E-state index is 0.0155. The van der Waals surface area contributed by atoms with Crippen molar-refractivity contribution in [2.24, 2.45) is 0 Å². The molecule has 6 heteroatoms. The van der Waals surface area contributed by atoms with E-state index in [4.69, 9.17) is 9.84 Å². The first-order valence-electron chi connectivity index (χ1n) is 9.30. The number of ether oxygens (including phenoxy) is 1. The van der Waals surface area contributed by atoms with Crippen LogP contribution in [0.3, 0.4) is 0 Å². The highest BCUT2D eigenvalue weighted by Gasteiger charge is 2.20. The molecule has 146 valence electrons. The van der Waals surface area contributed by atoms with Crippen molar-refractivity contribution in [3.8, 4) is 5.75 Å². The van der Waals surface area contributed by atoms with Gasteiger partial charge >= 0.3 is 11.9 Å². The Morgan fingerprint density at radius 1 is 1.08 bits per heavy atom. The van der Waals surface area contributed by atoms with E-state index in [1.165, 1.54) is 51.4 Å². The number of nitrogens with zero attached hydrogens (tertiary/aromatic N) is 1. The van der Waals surface area contributed by atoms with Crippen LogP contribution in [0, 0.1) is 6.92 Å². The minimum atomic E-state index is -1.17. The molecule has 26 heavy (non-hydrogen) atoms.